The largest absolute Gasteiger partial charge is 0.495 e. The smallest absolute Gasteiger partial charge is 0.228 e. The molecule has 0 saturated heterocycles. The van der Waals surface area contributed by atoms with Crippen molar-refractivity contribution < 1.29 is 23.1 Å². The number of sulfone groups is 1. The van der Waals surface area contributed by atoms with Gasteiger partial charge in [0.25, 0.3) is 0 Å². The van der Waals surface area contributed by atoms with Crippen molar-refractivity contribution in [3.05, 3.63) is 58.9 Å². The van der Waals surface area contributed by atoms with Crippen molar-refractivity contribution in [2.45, 2.75) is 37.3 Å². The normalized spacial score (nSPS) is 12.6. The number of methoxy groups -OCH3 is 1. The van der Waals surface area contributed by atoms with Crippen LogP contribution in [0.4, 0.5) is 11.4 Å². The molecule has 2 aromatic rings. The quantitative estimate of drug-likeness (QED) is 0.248. The highest BCUT2D eigenvalue weighted by Crippen LogP contribution is 2.29. The molecule has 0 saturated carbocycles. The van der Waals surface area contributed by atoms with Crippen molar-refractivity contribution >= 4 is 51.4 Å². The molecule has 0 aliphatic heterocycles. The van der Waals surface area contributed by atoms with Crippen LogP contribution in [0.1, 0.15) is 26.3 Å². The van der Waals surface area contributed by atoms with Gasteiger partial charge >= 0.3 is 0 Å². The summed E-state index contributed by atoms with van der Waals surface area (Å²) in [6, 6.07) is 11.6. The first-order chi connectivity index (χ1) is 17.5. The molecule has 37 heavy (non-hydrogen) atoms. The first-order valence-corrected chi connectivity index (χ1v) is 13.3. The van der Waals surface area contributed by atoms with Gasteiger partial charge in [0.05, 0.1) is 46.7 Å². The van der Waals surface area contributed by atoms with E-state index in [1.807, 2.05) is 0 Å². The maximum Gasteiger partial charge on any atom is 0.228 e. The molecule has 2 rings (SSSR count). The van der Waals surface area contributed by atoms with E-state index >= 15 is 0 Å². The van der Waals surface area contributed by atoms with Crippen LogP contribution in [0, 0.1) is 0 Å². The average molecular weight is 550 g/mol. The van der Waals surface area contributed by atoms with E-state index in [2.05, 4.69) is 32.7 Å². The third-order valence-electron chi connectivity index (χ3n) is 5.07. The van der Waals surface area contributed by atoms with Crippen molar-refractivity contribution in [1.82, 2.24) is 5.32 Å². The molecule has 0 spiro atoms. The summed E-state index contributed by atoms with van der Waals surface area (Å²) in [7, 11) is -2.09. The average Bonchev–Trinajstić information content (AvgIpc) is 2.86. The van der Waals surface area contributed by atoms with Gasteiger partial charge in [-0.25, -0.2) is 13.4 Å². The minimum Gasteiger partial charge on any atom is -0.495 e. The maximum atomic E-state index is 12.8. The molecule has 0 radical (unpaired) electrons. The van der Waals surface area contributed by atoms with E-state index in [0.29, 0.717) is 22.7 Å². The van der Waals surface area contributed by atoms with Gasteiger partial charge in [-0.2, -0.15) is 4.99 Å². The number of anilines is 2. The number of aliphatic imine (C=N–C) groups is 2. The van der Waals surface area contributed by atoms with Crippen LogP contribution in [0.2, 0.25) is 0 Å². The van der Waals surface area contributed by atoms with E-state index in [1.165, 1.54) is 13.2 Å². The molecule has 12 heteroatoms. The molecular formula is C25H32ClN5O5S. The van der Waals surface area contributed by atoms with Gasteiger partial charge in [-0.05, 0) is 57.3 Å². The van der Waals surface area contributed by atoms with Crippen LogP contribution >= 0.6 is 11.6 Å². The summed E-state index contributed by atoms with van der Waals surface area (Å²) in [4.78, 5) is 20.5. The Labute approximate surface area is 222 Å². The van der Waals surface area contributed by atoms with Gasteiger partial charge in [0.15, 0.2) is 9.84 Å². The number of nitrogens with one attached hydrogen (secondary N) is 3. The summed E-state index contributed by atoms with van der Waals surface area (Å²) in [6.45, 7) is 8.38. The number of halogens is 1. The fourth-order valence-corrected chi connectivity index (χ4v) is 4.42. The van der Waals surface area contributed by atoms with Crippen LogP contribution in [-0.4, -0.2) is 57.6 Å². The lowest BCUT2D eigenvalue weighted by molar-refractivity contribution is -0.120. The van der Waals surface area contributed by atoms with E-state index in [4.69, 9.17) is 21.4 Å². The number of rotatable bonds is 11. The number of para-hydroxylation sites is 1. The molecule has 0 aliphatic rings. The van der Waals surface area contributed by atoms with E-state index in [0.717, 1.165) is 0 Å². The number of carbonyl (C=O) groups is 1. The summed E-state index contributed by atoms with van der Waals surface area (Å²) in [6.07, 6.45) is 0.0846. The minimum absolute atomic E-state index is 0.0480. The van der Waals surface area contributed by atoms with Crippen LogP contribution in [0.15, 0.2) is 68.2 Å². The number of nitrogens with zero attached hydrogens (tertiary/aromatic N) is 2. The van der Waals surface area contributed by atoms with E-state index < -0.39 is 15.1 Å². The number of allylic oxidation sites excluding steroid dienone is 1. The van der Waals surface area contributed by atoms with E-state index in [9.17, 15) is 13.2 Å². The summed E-state index contributed by atoms with van der Waals surface area (Å²) in [5.74, 6) is 0.418. The number of hydrogen-bond acceptors (Lipinski definition) is 7. The molecule has 1 amide bonds. The highest BCUT2D eigenvalue weighted by molar-refractivity contribution is 7.92. The Morgan fingerprint density at radius 3 is 2.46 bits per heavy atom. The van der Waals surface area contributed by atoms with Crippen LogP contribution in [0.3, 0.4) is 0 Å². The number of benzene rings is 2. The van der Waals surface area contributed by atoms with Crippen LogP contribution in [-0.2, 0) is 21.1 Å². The van der Waals surface area contributed by atoms with Gasteiger partial charge in [0.2, 0.25) is 11.9 Å². The van der Waals surface area contributed by atoms with Crippen molar-refractivity contribution in [1.29, 1.82) is 0 Å². The molecule has 0 aliphatic carbocycles. The molecule has 2 aromatic carbocycles. The summed E-state index contributed by atoms with van der Waals surface area (Å²) >= 11 is 6.29. The number of amides is 1. The monoisotopic (exact) mass is 549 g/mol. The van der Waals surface area contributed by atoms with Gasteiger partial charge in [0.1, 0.15) is 11.6 Å². The molecule has 0 atom stereocenters. The van der Waals surface area contributed by atoms with Crippen LogP contribution in [0.5, 0.6) is 5.75 Å². The fraction of sp³-hybridized carbons (Fsp3) is 0.320. The molecular weight excluding hydrogens is 518 g/mol. The number of hydrogen-bond donors (Lipinski definition) is 4. The Hall–Kier alpha value is -3.41. The van der Waals surface area contributed by atoms with Gasteiger partial charge in [-0.1, -0.05) is 29.8 Å². The molecule has 0 aromatic heterocycles. The van der Waals surface area contributed by atoms with Crippen LogP contribution < -0.4 is 20.7 Å². The Balaban J connectivity index is 2.39. The number of aliphatic hydroxyl groups excluding tert-OH is 1. The lowest BCUT2D eigenvalue weighted by Crippen LogP contribution is -2.27. The van der Waals surface area contributed by atoms with Crippen molar-refractivity contribution in [3.8, 4) is 5.75 Å². The Bertz CT molecular complexity index is 1290. The predicted octanol–water partition coefficient (Wildman–Crippen LogP) is 3.54. The second kappa shape index (κ2) is 13.8. The second-order valence-corrected chi connectivity index (χ2v) is 11.1. The SMILES string of the molecule is C=NC(=N/C(Nc1ccccc1S(=O)(=O)C(C)C)=C(\C)Cl)Nc1cc(CC(=O)NCCO)ccc1OC. The van der Waals surface area contributed by atoms with E-state index in [-0.39, 0.29) is 47.2 Å². The third-order valence-corrected chi connectivity index (χ3v) is 7.46. The lowest BCUT2D eigenvalue weighted by atomic mass is 10.1. The predicted molar refractivity (Wildman–Crippen MR) is 148 cm³/mol. The van der Waals surface area contributed by atoms with Gasteiger partial charge in [-0.15, -0.1) is 0 Å². The number of carbonyl (C=O) groups excluding carboxylic acids is 1. The summed E-state index contributed by atoms with van der Waals surface area (Å²) < 4.78 is 31.1. The molecule has 10 nitrogen and oxygen atoms in total. The van der Waals surface area contributed by atoms with Gasteiger partial charge in [-0.3, -0.25) is 4.79 Å². The zero-order chi connectivity index (χ0) is 27.6. The first kappa shape index (κ1) is 29.8. The lowest BCUT2D eigenvalue weighted by Gasteiger charge is -2.16. The molecule has 0 bridgehead atoms. The standard InChI is InChI=1S/C25H32ClN5O5S/c1-16(2)37(34,35)22-9-7-6-8-19(22)29-24(17(3)26)31-25(27-4)30-20-14-18(10-11-21(20)36-5)15-23(33)28-12-13-32/h6-11,14,16,29,32H,4,12-13,15H2,1-3,5H3,(H,28,33)(H,30,31)/b24-17+. The first-order valence-electron chi connectivity index (χ1n) is 11.4. The highest BCUT2D eigenvalue weighted by Gasteiger charge is 2.23. The number of aliphatic hydroxyl groups is 1. The van der Waals surface area contributed by atoms with Crippen molar-refractivity contribution in [2.75, 3.05) is 30.9 Å². The highest BCUT2D eigenvalue weighted by atomic mass is 35.5. The number of guanidine groups is 1. The third kappa shape index (κ3) is 8.31. The Kier molecular flexibility index (Phi) is 11.1. The molecule has 200 valence electrons. The molecule has 4 N–H and O–H groups in total. The van der Waals surface area contributed by atoms with Crippen LogP contribution in [0.25, 0.3) is 0 Å². The zero-order valence-corrected chi connectivity index (χ0v) is 22.8. The number of ether oxygens (including phenoxy) is 1. The van der Waals surface area contributed by atoms with Crippen molar-refractivity contribution in [3.63, 3.8) is 0 Å². The Morgan fingerprint density at radius 2 is 1.86 bits per heavy atom. The minimum atomic E-state index is -3.58. The second-order valence-electron chi connectivity index (χ2n) is 8.10. The molecule has 0 fully saturated rings. The summed E-state index contributed by atoms with van der Waals surface area (Å²) in [5, 5.41) is 17.1. The maximum absolute atomic E-state index is 12.8. The van der Waals surface area contributed by atoms with E-state index in [1.54, 1.807) is 57.2 Å². The van der Waals surface area contributed by atoms with Gasteiger partial charge in [0, 0.05) is 6.54 Å². The summed E-state index contributed by atoms with van der Waals surface area (Å²) in [5.41, 5.74) is 1.46. The Morgan fingerprint density at radius 1 is 1.16 bits per heavy atom. The van der Waals surface area contributed by atoms with Gasteiger partial charge < -0.3 is 25.8 Å². The topological polar surface area (TPSA) is 141 Å². The molecule has 0 heterocycles. The van der Waals surface area contributed by atoms with Crippen molar-refractivity contribution in [2.24, 2.45) is 9.98 Å². The fourth-order valence-electron chi connectivity index (χ4n) is 3.13. The zero-order valence-electron chi connectivity index (χ0n) is 21.2. The molecule has 0 unspecified atom stereocenters.